The molecule has 28 heavy (non-hydrogen) atoms. The first-order valence-electron chi connectivity index (χ1n) is 8.59. The van der Waals surface area contributed by atoms with E-state index in [2.05, 4.69) is 13.2 Å². The van der Waals surface area contributed by atoms with Crippen molar-refractivity contribution in [2.24, 2.45) is 0 Å². The number of hydrogen-bond acceptors (Lipinski definition) is 6. The summed E-state index contributed by atoms with van der Waals surface area (Å²) in [6, 6.07) is 19.4. The van der Waals surface area contributed by atoms with E-state index in [0.717, 1.165) is 17.6 Å². The van der Waals surface area contributed by atoms with Gasteiger partial charge in [0.05, 0.1) is 0 Å². The van der Waals surface area contributed by atoms with E-state index in [1.807, 2.05) is 60.7 Å². The zero-order valence-corrected chi connectivity index (χ0v) is 16.4. The number of ether oxygens (including phenoxy) is 3. The van der Waals surface area contributed by atoms with Gasteiger partial charge in [0.1, 0.15) is 25.6 Å². The lowest BCUT2D eigenvalue weighted by Crippen LogP contribution is -2.09. The number of benzene rings is 2. The monoisotopic (exact) mass is 400 g/mol. The molecule has 0 amide bonds. The van der Waals surface area contributed by atoms with Gasteiger partial charge >= 0.3 is 11.9 Å². The highest BCUT2D eigenvalue weighted by Gasteiger charge is 1.96. The van der Waals surface area contributed by atoms with Gasteiger partial charge in [0.25, 0.3) is 0 Å². The summed E-state index contributed by atoms with van der Waals surface area (Å²) < 4.78 is 14.9. The van der Waals surface area contributed by atoms with Crippen molar-refractivity contribution < 1.29 is 23.8 Å². The van der Waals surface area contributed by atoms with Crippen LogP contribution in [0.3, 0.4) is 0 Å². The summed E-state index contributed by atoms with van der Waals surface area (Å²) in [5, 5.41) is 0. The third-order valence-electron chi connectivity index (χ3n) is 3.01. The zero-order chi connectivity index (χ0) is 20.5. The van der Waals surface area contributed by atoms with Crippen molar-refractivity contribution in [2.75, 3.05) is 25.6 Å². The molecule has 0 spiro atoms. The lowest BCUT2D eigenvalue weighted by atomic mass is 10.3. The minimum atomic E-state index is -0.429. The normalized spacial score (nSPS) is 9.29. The summed E-state index contributed by atoms with van der Waals surface area (Å²) in [6.45, 7) is 7.61. The molecule has 0 aliphatic heterocycles. The second-order valence-electron chi connectivity index (χ2n) is 5.07. The molecule has 2 aromatic rings. The van der Waals surface area contributed by atoms with E-state index in [1.54, 1.807) is 11.8 Å². The quantitative estimate of drug-likeness (QED) is 0.256. The highest BCUT2D eigenvalue weighted by atomic mass is 32.2. The van der Waals surface area contributed by atoms with E-state index in [1.165, 1.54) is 11.0 Å². The molecule has 0 heterocycles. The fourth-order valence-electron chi connectivity index (χ4n) is 1.75. The lowest BCUT2D eigenvalue weighted by molar-refractivity contribution is -0.138. The predicted molar refractivity (Wildman–Crippen MR) is 111 cm³/mol. The molecule has 2 rings (SSSR count). The van der Waals surface area contributed by atoms with Gasteiger partial charge in [0, 0.05) is 22.8 Å². The molecular weight excluding hydrogens is 376 g/mol. The van der Waals surface area contributed by atoms with E-state index < -0.39 is 5.97 Å². The van der Waals surface area contributed by atoms with Gasteiger partial charge in [0.2, 0.25) is 0 Å². The summed E-state index contributed by atoms with van der Waals surface area (Å²) in [6.07, 6.45) is 2.30. The van der Waals surface area contributed by atoms with Crippen LogP contribution in [0, 0.1) is 0 Å². The minimum absolute atomic E-state index is 0.236. The number of para-hydroxylation sites is 1. The topological polar surface area (TPSA) is 61.8 Å². The Bertz CT molecular complexity index is 653. The minimum Gasteiger partial charge on any atom is -0.490 e. The zero-order valence-electron chi connectivity index (χ0n) is 15.6. The van der Waals surface area contributed by atoms with Gasteiger partial charge in [-0.3, -0.25) is 0 Å². The second kappa shape index (κ2) is 15.1. The van der Waals surface area contributed by atoms with Gasteiger partial charge in [0.15, 0.2) is 0 Å². The highest BCUT2D eigenvalue weighted by molar-refractivity contribution is 7.99. The number of rotatable bonds is 10. The molecule has 0 N–H and O–H groups in total. The van der Waals surface area contributed by atoms with Crippen LogP contribution in [0.2, 0.25) is 0 Å². The van der Waals surface area contributed by atoms with Crippen molar-refractivity contribution in [2.45, 2.75) is 4.90 Å². The number of carbonyl (C=O) groups excluding carboxylic acids is 2. The van der Waals surface area contributed by atoms with E-state index in [-0.39, 0.29) is 12.6 Å². The van der Waals surface area contributed by atoms with E-state index in [9.17, 15) is 9.59 Å². The fourth-order valence-corrected chi connectivity index (χ4v) is 2.51. The Labute approximate surface area is 170 Å². The molecule has 5 nitrogen and oxygen atoms in total. The van der Waals surface area contributed by atoms with Crippen LogP contribution in [0.1, 0.15) is 0 Å². The summed E-state index contributed by atoms with van der Waals surface area (Å²) in [4.78, 5) is 22.5. The molecule has 0 aliphatic carbocycles. The molecule has 0 atom stereocenters. The summed E-state index contributed by atoms with van der Waals surface area (Å²) >= 11 is 1.66. The van der Waals surface area contributed by atoms with Crippen LogP contribution in [0.25, 0.3) is 0 Å². The Hall–Kier alpha value is -2.99. The van der Waals surface area contributed by atoms with Crippen molar-refractivity contribution in [3.8, 4) is 5.75 Å². The van der Waals surface area contributed by atoms with Crippen LogP contribution in [0.5, 0.6) is 5.75 Å². The SMILES string of the molecule is C=CC(=O)OCCOc1ccccc1.C=CC(=O)OCCSc1ccccc1. The van der Waals surface area contributed by atoms with Crippen LogP contribution in [-0.4, -0.2) is 37.5 Å². The maximum Gasteiger partial charge on any atom is 0.330 e. The number of esters is 2. The Balaban J connectivity index is 0.000000280. The number of carbonyl (C=O) groups is 2. The van der Waals surface area contributed by atoms with Gasteiger partial charge in [-0.05, 0) is 24.3 Å². The molecule has 148 valence electrons. The highest BCUT2D eigenvalue weighted by Crippen LogP contribution is 2.16. The Morgan fingerprint density at radius 2 is 1.32 bits per heavy atom. The Morgan fingerprint density at radius 1 is 0.786 bits per heavy atom. The number of hydrogen-bond donors (Lipinski definition) is 0. The van der Waals surface area contributed by atoms with Crippen molar-refractivity contribution in [3.63, 3.8) is 0 Å². The van der Waals surface area contributed by atoms with Crippen LogP contribution < -0.4 is 4.74 Å². The average Bonchev–Trinajstić information content (AvgIpc) is 2.76. The molecule has 0 unspecified atom stereocenters. The third kappa shape index (κ3) is 11.6. The first kappa shape index (κ1) is 23.0. The van der Waals surface area contributed by atoms with E-state index in [0.29, 0.717) is 13.2 Å². The Morgan fingerprint density at radius 3 is 1.89 bits per heavy atom. The van der Waals surface area contributed by atoms with Gasteiger partial charge in [-0.25, -0.2) is 9.59 Å². The van der Waals surface area contributed by atoms with Crippen LogP contribution in [0.15, 0.2) is 90.9 Å². The van der Waals surface area contributed by atoms with E-state index in [4.69, 9.17) is 14.2 Å². The molecule has 0 saturated carbocycles. The molecule has 0 aromatic heterocycles. The maximum atomic E-state index is 10.7. The third-order valence-corrected chi connectivity index (χ3v) is 3.99. The first-order valence-corrected chi connectivity index (χ1v) is 9.58. The molecular formula is C22H24O5S. The number of thioether (sulfide) groups is 1. The largest absolute Gasteiger partial charge is 0.490 e. The summed E-state index contributed by atoms with van der Waals surface area (Å²) in [5.74, 6) is 0.742. The predicted octanol–water partition coefficient (Wildman–Crippen LogP) is 4.30. The van der Waals surface area contributed by atoms with Crippen LogP contribution in [-0.2, 0) is 19.1 Å². The Kier molecular flexibility index (Phi) is 12.4. The standard InChI is InChI=1S/C11H12O3.C11H12O2S/c1-2-11(12)14-9-8-13-10-6-4-3-5-7-10;1-2-11(12)13-8-9-14-10-6-4-3-5-7-10/h2*2-7H,1,8-9H2. The lowest BCUT2D eigenvalue weighted by Gasteiger charge is -2.05. The molecule has 0 fully saturated rings. The van der Waals surface area contributed by atoms with Crippen molar-refractivity contribution >= 4 is 23.7 Å². The molecule has 0 radical (unpaired) electrons. The summed E-state index contributed by atoms with van der Waals surface area (Å²) in [7, 11) is 0. The van der Waals surface area contributed by atoms with Gasteiger partial charge in [-0.1, -0.05) is 49.6 Å². The summed E-state index contributed by atoms with van der Waals surface area (Å²) in [5.41, 5.74) is 0. The molecule has 6 heteroatoms. The maximum absolute atomic E-state index is 10.7. The molecule has 0 aliphatic rings. The second-order valence-corrected chi connectivity index (χ2v) is 6.23. The van der Waals surface area contributed by atoms with Gasteiger partial charge in [-0.2, -0.15) is 0 Å². The molecule has 2 aromatic carbocycles. The fraction of sp³-hybridized carbons (Fsp3) is 0.182. The van der Waals surface area contributed by atoms with Gasteiger partial charge in [-0.15, -0.1) is 11.8 Å². The first-order chi connectivity index (χ1) is 13.7. The van der Waals surface area contributed by atoms with Crippen molar-refractivity contribution in [1.29, 1.82) is 0 Å². The van der Waals surface area contributed by atoms with Crippen molar-refractivity contribution in [1.82, 2.24) is 0 Å². The van der Waals surface area contributed by atoms with Gasteiger partial charge < -0.3 is 14.2 Å². The molecule has 0 saturated heterocycles. The van der Waals surface area contributed by atoms with Crippen LogP contribution in [0.4, 0.5) is 0 Å². The van der Waals surface area contributed by atoms with Crippen molar-refractivity contribution in [3.05, 3.63) is 86.0 Å². The van der Waals surface area contributed by atoms with E-state index >= 15 is 0 Å². The average molecular weight is 400 g/mol. The molecule has 0 bridgehead atoms. The van der Waals surface area contributed by atoms with Crippen LogP contribution >= 0.6 is 11.8 Å². The smallest absolute Gasteiger partial charge is 0.330 e.